The molecule has 2 nitrogen and oxygen atoms in total. The van der Waals surface area contributed by atoms with Crippen LogP contribution < -0.4 is 4.57 Å². The van der Waals surface area contributed by atoms with Crippen molar-refractivity contribution in [2.24, 2.45) is 14.1 Å². The molecule has 0 saturated carbocycles. The fraction of sp³-hybridized carbons (Fsp3) is 0.571. The van der Waals surface area contributed by atoms with Gasteiger partial charge in [0.25, 0.3) is 0 Å². The minimum atomic E-state index is -10.7. The van der Waals surface area contributed by atoms with E-state index in [9.17, 15) is 25.2 Å². The Morgan fingerprint density at radius 2 is 1.38 bits per heavy atom. The quantitative estimate of drug-likeness (QED) is 0.384. The first-order chi connectivity index (χ1) is 6.58. The third-order valence-corrected chi connectivity index (χ3v) is 1.93. The summed E-state index contributed by atoms with van der Waals surface area (Å²) in [5, 5.41) is 0. The van der Waals surface area contributed by atoms with Gasteiger partial charge in [0, 0.05) is 13.8 Å². The zero-order chi connectivity index (χ0) is 13.4. The number of halogens is 6. The molecule has 0 unspecified atom stereocenters. The van der Waals surface area contributed by atoms with E-state index in [1.807, 2.05) is 0 Å². The molecule has 0 amide bonds. The van der Waals surface area contributed by atoms with Crippen LogP contribution in [0, 0.1) is 13.8 Å². The van der Waals surface area contributed by atoms with E-state index < -0.39 is 7.81 Å². The van der Waals surface area contributed by atoms with Gasteiger partial charge in [-0.1, -0.05) is 0 Å². The van der Waals surface area contributed by atoms with Crippen LogP contribution in [0.4, 0.5) is 25.2 Å². The molecular formula is C7H13F6N2P. The monoisotopic (exact) mass is 270 g/mol. The third-order valence-electron chi connectivity index (χ3n) is 1.93. The van der Waals surface area contributed by atoms with E-state index in [2.05, 4.69) is 43.4 Å². The van der Waals surface area contributed by atoms with Crippen LogP contribution in [-0.2, 0) is 14.1 Å². The number of hydrogen-bond donors (Lipinski definition) is 0. The van der Waals surface area contributed by atoms with Crippen LogP contribution in [0.3, 0.4) is 0 Å². The third kappa shape index (κ3) is 8.52. The molecule has 0 radical (unpaired) electrons. The van der Waals surface area contributed by atoms with Gasteiger partial charge >= 0.3 is 33.0 Å². The van der Waals surface area contributed by atoms with E-state index in [-0.39, 0.29) is 0 Å². The maximum absolute atomic E-state index is 10.7. The van der Waals surface area contributed by atoms with Crippen LogP contribution in [0.1, 0.15) is 11.4 Å². The van der Waals surface area contributed by atoms with Crippen LogP contribution in [0.15, 0.2) is 6.33 Å². The molecule has 0 atom stereocenters. The van der Waals surface area contributed by atoms with Crippen LogP contribution in [0.25, 0.3) is 0 Å². The SMILES string of the molecule is Cc1c(C)[n+](C)cn1C.F[P-](F)(F)(F)(F)F. The zero-order valence-corrected chi connectivity index (χ0v) is 10.1. The van der Waals surface area contributed by atoms with Crippen LogP contribution in [0.5, 0.6) is 0 Å². The fourth-order valence-corrected chi connectivity index (χ4v) is 0.943. The summed E-state index contributed by atoms with van der Waals surface area (Å²) in [6, 6.07) is 0. The Labute approximate surface area is 88.7 Å². The van der Waals surface area contributed by atoms with Gasteiger partial charge in [0.05, 0.1) is 14.1 Å². The van der Waals surface area contributed by atoms with Crippen LogP contribution >= 0.6 is 7.81 Å². The van der Waals surface area contributed by atoms with Gasteiger partial charge in [-0.05, 0) is 0 Å². The summed E-state index contributed by atoms with van der Waals surface area (Å²) >= 11 is 0. The summed E-state index contributed by atoms with van der Waals surface area (Å²) in [7, 11) is -6.54. The van der Waals surface area contributed by atoms with E-state index in [4.69, 9.17) is 0 Å². The van der Waals surface area contributed by atoms with Gasteiger partial charge in [-0.3, -0.25) is 0 Å². The molecule has 0 fully saturated rings. The van der Waals surface area contributed by atoms with Gasteiger partial charge in [0.2, 0.25) is 6.33 Å². The van der Waals surface area contributed by atoms with E-state index in [1.165, 1.54) is 11.4 Å². The number of hydrogen-bond acceptors (Lipinski definition) is 0. The van der Waals surface area contributed by atoms with E-state index in [1.54, 1.807) is 0 Å². The second-order valence-corrected chi connectivity index (χ2v) is 5.38. The molecule has 0 spiro atoms. The molecule has 1 heterocycles. The van der Waals surface area contributed by atoms with Gasteiger partial charge in [-0.2, -0.15) is 0 Å². The molecule has 1 aromatic heterocycles. The van der Waals surface area contributed by atoms with Crippen molar-refractivity contribution in [1.82, 2.24) is 4.57 Å². The van der Waals surface area contributed by atoms with Crippen LogP contribution in [-0.4, -0.2) is 4.57 Å². The second-order valence-electron chi connectivity index (χ2n) is 3.47. The number of rotatable bonds is 0. The topological polar surface area (TPSA) is 8.81 Å². The van der Waals surface area contributed by atoms with Crippen molar-refractivity contribution in [2.45, 2.75) is 13.8 Å². The van der Waals surface area contributed by atoms with Crippen molar-refractivity contribution >= 4 is 7.81 Å². The second kappa shape index (κ2) is 3.35. The van der Waals surface area contributed by atoms with Crippen molar-refractivity contribution in [1.29, 1.82) is 0 Å². The van der Waals surface area contributed by atoms with Gasteiger partial charge in [0.1, 0.15) is 11.4 Å². The summed E-state index contributed by atoms with van der Waals surface area (Å²) < 4.78 is 63.4. The molecule has 1 rings (SSSR count). The van der Waals surface area contributed by atoms with E-state index >= 15 is 0 Å². The molecule has 16 heavy (non-hydrogen) atoms. The van der Waals surface area contributed by atoms with Gasteiger partial charge in [0.15, 0.2) is 0 Å². The number of aromatic nitrogens is 2. The van der Waals surface area contributed by atoms with Crippen molar-refractivity contribution in [2.75, 3.05) is 0 Å². The van der Waals surface area contributed by atoms with Gasteiger partial charge < -0.3 is 0 Å². The Morgan fingerprint density at radius 3 is 1.44 bits per heavy atom. The number of imidazole rings is 1. The summed E-state index contributed by atoms with van der Waals surface area (Å²) in [6.45, 7) is 4.24. The molecule has 9 heteroatoms. The van der Waals surface area contributed by atoms with Crippen LogP contribution in [0.2, 0.25) is 0 Å². The summed E-state index contributed by atoms with van der Waals surface area (Å²) in [6.07, 6.45) is 2.07. The van der Waals surface area contributed by atoms with E-state index in [0.717, 1.165) is 0 Å². The molecule has 98 valence electrons. The Balaban J connectivity index is 0.000000293. The Morgan fingerprint density at radius 1 is 1.06 bits per heavy atom. The Kier molecular flexibility index (Phi) is 3.19. The summed E-state index contributed by atoms with van der Waals surface area (Å²) in [5.74, 6) is 0. The molecule has 0 N–H and O–H groups in total. The Hall–Kier alpha value is -0.780. The maximum atomic E-state index is 9.87. The van der Waals surface area contributed by atoms with E-state index in [0.29, 0.717) is 0 Å². The predicted molar refractivity (Wildman–Crippen MR) is 49.6 cm³/mol. The Bertz CT molecular complexity index is 356. The molecule has 0 bridgehead atoms. The molecular weight excluding hydrogens is 257 g/mol. The number of nitrogens with zero attached hydrogens (tertiary/aromatic N) is 2. The van der Waals surface area contributed by atoms with Crippen molar-refractivity contribution < 1.29 is 29.7 Å². The van der Waals surface area contributed by atoms with Crippen molar-refractivity contribution in [3.63, 3.8) is 0 Å². The average molecular weight is 270 g/mol. The van der Waals surface area contributed by atoms with Crippen molar-refractivity contribution in [3.8, 4) is 0 Å². The first kappa shape index (κ1) is 15.2. The van der Waals surface area contributed by atoms with Gasteiger partial charge in [-0.15, -0.1) is 0 Å². The minimum absolute atomic E-state index is 1.33. The molecule has 0 aliphatic rings. The first-order valence-corrected chi connectivity index (χ1v) is 6.15. The molecule has 0 aromatic carbocycles. The number of aryl methyl sites for hydroxylation is 2. The zero-order valence-electron chi connectivity index (χ0n) is 9.19. The standard InChI is InChI=1S/C7H13N2.F6P/c1-6-7(2)9(4)5-8(6)3;1-7(2,3,4,5)6/h5H,1-4H3;/q+1;-1. The summed E-state index contributed by atoms with van der Waals surface area (Å²) in [5.41, 5.74) is 2.66. The first-order valence-electron chi connectivity index (χ1n) is 4.12. The van der Waals surface area contributed by atoms with Crippen molar-refractivity contribution in [3.05, 3.63) is 17.7 Å². The molecule has 0 aliphatic carbocycles. The molecule has 1 aromatic rings. The normalized spacial score (nSPS) is 15.9. The summed E-state index contributed by atoms with van der Waals surface area (Å²) in [4.78, 5) is 0. The molecule has 0 saturated heterocycles. The predicted octanol–water partition coefficient (Wildman–Crippen LogP) is 3.85. The average Bonchev–Trinajstić information content (AvgIpc) is 2.11. The fourth-order valence-electron chi connectivity index (χ4n) is 0.943. The van der Waals surface area contributed by atoms with Gasteiger partial charge in [-0.25, -0.2) is 9.13 Å². The molecule has 0 aliphatic heterocycles.